The van der Waals surface area contributed by atoms with Crippen LogP contribution in [0.3, 0.4) is 0 Å². The summed E-state index contributed by atoms with van der Waals surface area (Å²) in [4.78, 5) is 0. The van der Waals surface area contributed by atoms with E-state index < -0.39 is 0 Å². The molecule has 0 bridgehead atoms. The SMILES string of the molecule is CC(C)(C)CN[C@@H](CO)C(C)(C)C. The standard InChI is InChI=1S/C11H25NO/c1-10(2,3)8-12-9(7-13)11(4,5)6/h9,12-13H,7-8H2,1-6H3/t9-/m0/s1. The molecule has 1 atom stereocenters. The molecule has 0 radical (unpaired) electrons. The van der Waals surface area contributed by atoms with Crippen molar-refractivity contribution >= 4 is 0 Å². The highest BCUT2D eigenvalue weighted by atomic mass is 16.3. The summed E-state index contributed by atoms with van der Waals surface area (Å²) in [5, 5.41) is 12.6. The summed E-state index contributed by atoms with van der Waals surface area (Å²) in [5.41, 5.74) is 0.401. The summed E-state index contributed by atoms with van der Waals surface area (Å²) < 4.78 is 0. The van der Waals surface area contributed by atoms with Crippen molar-refractivity contribution in [2.75, 3.05) is 13.2 Å². The van der Waals surface area contributed by atoms with Gasteiger partial charge in [-0.2, -0.15) is 0 Å². The molecule has 0 aliphatic carbocycles. The first-order valence-electron chi connectivity index (χ1n) is 5.01. The first-order valence-corrected chi connectivity index (χ1v) is 5.01. The largest absolute Gasteiger partial charge is 0.395 e. The van der Waals surface area contributed by atoms with E-state index in [0.717, 1.165) is 6.54 Å². The van der Waals surface area contributed by atoms with Gasteiger partial charge >= 0.3 is 0 Å². The molecule has 0 unspecified atom stereocenters. The third-order valence-corrected chi connectivity index (χ3v) is 2.11. The molecule has 0 aliphatic heterocycles. The Kier molecular flexibility index (Phi) is 4.40. The van der Waals surface area contributed by atoms with Crippen LogP contribution in [0.25, 0.3) is 0 Å². The second kappa shape index (κ2) is 4.43. The van der Waals surface area contributed by atoms with Gasteiger partial charge in [0.05, 0.1) is 6.61 Å². The highest BCUT2D eigenvalue weighted by molar-refractivity contribution is 4.81. The summed E-state index contributed by atoms with van der Waals surface area (Å²) in [6.45, 7) is 14.1. The molecule has 0 amide bonds. The number of rotatable bonds is 3. The highest BCUT2D eigenvalue weighted by Crippen LogP contribution is 2.20. The molecule has 2 nitrogen and oxygen atoms in total. The Labute approximate surface area is 82.7 Å². The van der Waals surface area contributed by atoms with Gasteiger partial charge in [0, 0.05) is 12.6 Å². The van der Waals surface area contributed by atoms with Crippen LogP contribution >= 0.6 is 0 Å². The summed E-state index contributed by atoms with van der Waals surface area (Å²) in [6.07, 6.45) is 0. The van der Waals surface area contributed by atoms with Gasteiger partial charge in [-0.15, -0.1) is 0 Å². The quantitative estimate of drug-likeness (QED) is 0.708. The van der Waals surface area contributed by atoms with E-state index in [1.165, 1.54) is 0 Å². The lowest BCUT2D eigenvalue weighted by molar-refractivity contribution is 0.148. The zero-order valence-electron chi connectivity index (χ0n) is 9.94. The minimum Gasteiger partial charge on any atom is -0.395 e. The van der Waals surface area contributed by atoms with E-state index in [2.05, 4.69) is 46.9 Å². The second-order valence-corrected chi connectivity index (χ2v) is 6.04. The average molecular weight is 187 g/mol. The fourth-order valence-electron chi connectivity index (χ4n) is 1.07. The van der Waals surface area contributed by atoms with Crippen LogP contribution in [-0.4, -0.2) is 24.3 Å². The van der Waals surface area contributed by atoms with E-state index in [4.69, 9.17) is 0 Å². The van der Waals surface area contributed by atoms with Crippen LogP contribution in [0, 0.1) is 10.8 Å². The third kappa shape index (κ3) is 6.05. The maximum Gasteiger partial charge on any atom is 0.0589 e. The van der Waals surface area contributed by atoms with Crippen molar-refractivity contribution in [1.29, 1.82) is 0 Å². The van der Waals surface area contributed by atoms with Gasteiger partial charge in [-0.1, -0.05) is 41.5 Å². The summed E-state index contributed by atoms with van der Waals surface area (Å²) in [7, 11) is 0. The molecular formula is C11H25NO. The van der Waals surface area contributed by atoms with Crippen LogP contribution in [0.15, 0.2) is 0 Å². The predicted octanol–water partition coefficient (Wildman–Crippen LogP) is 2.03. The van der Waals surface area contributed by atoms with Crippen molar-refractivity contribution in [3.63, 3.8) is 0 Å². The Morgan fingerprint density at radius 3 is 1.77 bits per heavy atom. The topological polar surface area (TPSA) is 32.3 Å². The maximum absolute atomic E-state index is 9.20. The van der Waals surface area contributed by atoms with Gasteiger partial charge in [-0.25, -0.2) is 0 Å². The Morgan fingerprint density at radius 2 is 1.54 bits per heavy atom. The molecule has 0 saturated carbocycles. The molecule has 2 N–H and O–H groups in total. The van der Waals surface area contributed by atoms with Crippen molar-refractivity contribution in [2.45, 2.75) is 47.6 Å². The highest BCUT2D eigenvalue weighted by Gasteiger charge is 2.24. The average Bonchev–Trinajstić information content (AvgIpc) is 1.82. The molecular weight excluding hydrogens is 162 g/mol. The van der Waals surface area contributed by atoms with Crippen molar-refractivity contribution in [3.8, 4) is 0 Å². The van der Waals surface area contributed by atoms with Gasteiger partial charge in [0.15, 0.2) is 0 Å². The first kappa shape index (κ1) is 12.9. The van der Waals surface area contributed by atoms with Crippen molar-refractivity contribution in [2.24, 2.45) is 10.8 Å². The number of hydrogen-bond donors (Lipinski definition) is 2. The minimum absolute atomic E-state index is 0.125. The van der Waals surface area contributed by atoms with Crippen LogP contribution < -0.4 is 5.32 Å². The van der Waals surface area contributed by atoms with Crippen LogP contribution in [0.1, 0.15) is 41.5 Å². The third-order valence-electron chi connectivity index (χ3n) is 2.11. The van der Waals surface area contributed by atoms with E-state index in [1.54, 1.807) is 0 Å². The van der Waals surface area contributed by atoms with E-state index in [-0.39, 0.29) is 23.5 Å². The molecule has 0 rings (SSSR count). The number of nitrogens with one attached hydrogen (secondary N) is 1. The lowest BCUT2D eigenvalue weighted by Gasteiger charge is -2.32. The summed E-state index contributed by atoms with van der Waals surface area (Å²) in [5.74, 6) is 0. The van der Waals surface area contributed by atoms with E-state index in [1.807, 2.05) is 0 Å². The van der Waals surface area contributed by atoms with Crippen molar-refractivity contribution in [3.05, 3.63) is 0 Å². The molecule has 0 fully saturated rings. The molecule has 13 heavy (non-hydrogen) atoms. The summed E-state index contributed by atoms with van der Waals surface area (Å²) in [6, 6.07) is 0.187. The molecule has 0 aromatic heterocycles. The normalized spacial score (nSPS) is 15.9. The molecule has 0 heterocycles. The Bertz CT molecular complexity index is 141. The fourth-order valence-corrected chi connectivity index (χ4v) is 1.07. The molecule has 0 saturated heterocycles. The number of aliphatic hydroxyl groups excluding tert-OH is 1. The van der Waals surface area contributed by atoms with Crippen LogP contribution in [0.4, 0.5) is 0 Å². The Morgan fingerprint density at radius 1 is 1.08 bits per heavy atom. The van der Waals surface area contributed by atoms with E-state index in [9.17, 15) is 5.11 Å². The van der Waals surface area contributed by atoms with Gasteiger partial charge in [-0.3, -0.25) is 0 Å². The van der Waals surface area contributed by atoms with Gasteiger partial charge in [0.1, 0.15) is 0 Å². The van der Waals surface area contributed by atoms with Gasteiger partial charge in [0.2, 0.25) is 0 Å². The zero-order valence-corrected chi connectivity index (χ0v) is 9.94. The van der Waals surface area contributed by atoms with Gasteiger partial charge < -0.3 is 10.4 Å². The lowest BCUT2D eigenvalue weighted by atomic mass is 9.86. The van der Waals surface area contributed by atoms with Crippen molar-refractivity contribution < 1.29 is 5.11 Å². The smallest absolute Gasteiger partial charge is 0.0589 e. The van der Waals surface area contributed by atoms with E-state index in [0.29, 0.717) is 0 Å². The number of hydrogen-bond acceptors (Lipinski definition) is 2. The van der Waals surface area contributed by atoms with Gasteiger partial charge in [0.25, 0.3) is 0 Å². The molecule has 2 heteroatoms. The molecule has 0 spiro atoms. The van der Waals surface area contributed by atoms with Crippen molar-refractivity contribution in [1.82, 2.24) is 5.32 Å². The van der Waals surface area contributed by atoms with Crippen LogP contribution in [0.2, 0.25) is 0 Å². The monoisotopic (exact) mass is 187 g/mol. The first-order chi connectivity index (χ1) is 5.67. The molecule has 0 aliphatic rings. The predicted molar refractivity (Wildman–Crippen MR) is 57.8 cm³/mol. The molecule has 0 aromatic rings. The Hall–Kier alpha value is -0.0800. The fraction of sp³-hybridized carbons (Fsp3) is 1.00. The van der Waals surface area contributed by atoms with Crippen LogP contribution in [-0.2, 0) is 0 Å². The van der Waals surface area contributed by atoms with E-state index >= 15 is 0 Å². The Balaban J connectivity index is 4.02. The zero-order chi connectivity index (χ0) is 10.7. The second-order valence-electron chi connectivity index (χ2n) is 6.04. The van der Waals surface area contributed by atoms with Crippen LogP contribution in [0.5, 0.6) is 0 Å². The molecule has 80 valence electrons. The lowest BCUT2D eigenvalue weighted by Crippen LogP contribution is -2.46. The minimum atomic E-state index is 0.125. The maximum atomic E-state index is 9.20. The summed E-state index contributed by atoms with van der Waals surface area (Å²) >= 11 is 0. The molecule has 0 aromatic carbocycles. The number of aliphatic hydroxyl groups is 1. The van der Waals surface area contributed by atoms with Gasteiger partial charge in [-0.05, 0) is 10.8 Å².